The lowest BCUT2D eigenvalue weighted by atomic mass is 9.96. The van der Waals surface area contributed by atoms with E-state index in [9.17, 15) is 9.59 Å². The summed E-state index contributed by atoms with van der Waals surface area (Å²) in [6.07, 6.45) is 12.3. The van der Waals surface area contributed by atoms with E-state index in [2.05, 4.69) is 114 Å². The van der Waals surface area contributed by atoms with Crippen LogP contribution >= 0.6 is 47.8 Å². The number of ketones is 1. The topological polar surface area (TPSA) is 176 Å². The number of allylic oxidation sites excluding steroid dienone is 1. The number of nitrogens with zero attached hydrogens (tertiary/aromatic N) is 11. The highest BCUT2D eigenvalue weighted by atomic mass is 79.9. The van der Waals surface area contributed by atoms with E-state index >= 15 is 0 Å². The van der Waals surface area contributed by atoms with Gasteiger partial charge in [0.1, 0.15) is 11.4 Å². The molecule has 0 saturated carbocycles. The van der Waals surface area contributed by atoms with Crippen LogP contribution in [0.4, 0.5) is 0 Å². The van der Waals surface area contributed by atoms with Gasteiger partial charge in [-0.2, -0.15) is 10.2 Å². The SMILES string of the molecule is C.C=C1CCCN1[NH3+].Cc1cccc(-c2nn3c(c2-c2ccnc4ccc(Br)cc24)CCC3)n1.Cc1cccc(C(=O)Cc2ccnc3ccc(Br)cc23)n1.Cc1cccc(C(Cc2ccnc3ccc(Br)cc23)=NN2CCCC2=O)n1. The zero-order valence-electron chi connectivity index (χ0n) is 45.4. The molecule has 2 fully saturated rings. The second-order valence-electron chi connectivity index (χ2n) is 20.1. The van der Waals surface area contributed by atoms with Gasteiger partial charge in [0.15, 0.2) is 5.78 Å². The molecule has 0 atom stereocenters. The Morgan fingerprint density at radius 3 is 1.71 bits per heavy atom. The minimum absolute atomic E-state index is 0. The van der Waals surface area contributed by atoms with Crippen molar-refractivity contribution in [1.29, 1.82) is 0 Å². The van der Waals surface area contributed by atoms with Crippen molar-refractivity contribution in [1.82, 2.24) is 49.7 Å². The molecule has 3 aromatic carbocycles. The number of benzene rings is 3. The van der Waals surface area contributed by atoms with Crippen molar-refractivity contribution in [2.24, 2.45) is 5.10 Å². The van der Waals surface area contributed by atoms with Crippen LogP contribution in [-0.2, 0) is 30.6 Å². The highest BCUT2D eigenvalue weighted by Gasteiger charge is 2.26. The maximum atomic E-state index is 12.4. The van der Waals surface area contributed by atoms with Crippen LogP contribution in [0.2, 0.25) is 0 Å². The number of hydrazone groups is 1. The van der Waals surface area contributed by atoms with Crippen LogP contribution in [0.25, 0.3) is 55.2 Å². The van der Waals surface area contributed by atoms with E-state index in [0.29, 0.717) is 31.5 Å². The number of amides is 1. The van der Waals surface area contributed by atoms with E-state index in [-0.39, 0.29) is 19.1 Å². The molecule has 3 aliphatic rings. The summed E-state index contributed by atoms with van der Waals surface area (Å²) in [7, 11) is 0. The maximum absolute atomic E-state index is 12.4. The van der Waals surface area contributed by atoms with Gasteiger partial charge in [0.05, 0.1) is 45.9 Å². The molecule has 0 bridgehead atoms. The summed E-state index contributed by atoms with van der Waals surface area (Å²) in [5, 5.41) is 16.4. The fourth-order valence-corrected chi connectivity index (χ4v) is 11.2. The molecule has 3 N–H and O–H groups in total. The van der Waals surface area contributed by atoms with Gasteiger partial charge in [0.2, 0.25) is 5.91 Å². The molecule has 0 aliphatic carbocycles. The Balaban J connectivity index is 0.000000140. The number of hydrogen-bond donors (Lipinski definition) is 1. The molecule has 82 heavy (non-hydrogen) atoms. The maximum Gasteiger partial charge on any atom is 0.242 e. The van der Waals surface area contributed by atoms with Gasteiger partial charge in [-0.05, 0) is 179 Å². The van der Waals surface area contributed by atoms with Gasteiger partial charge in [-0.1, -0.05) is 80.0 Å². The third-order valence-corrected chi connectivity index (χ3v) is 15.7. The summed E-state index contributed by atoms with van der Waals surface area (Å²) in [5.41, 5.74) is 16.5. The molecule has 14 nitrogen and oxygen atoms in total. The molecule has 416 valence electrons. The summed E-state index contributed by atoms with van der Waals surface area (Å²) < 4.78 is 5.19. The van der Waals surface area contributed by atoms with E-state index in [0.717, 1.165) is 136 Å². The van der Waals surface area contributed by atoms with Gasteiger partial charge in [0, 0.05) is 109 Å². The van der Waals surface area contributed by atoms with Gasteiger partial charge in [-0.3, -0.25) is 50.0 Å². The number of quaternary nitrogens is 1. The van der Waals surface area contributed by atoms with Crippen LogP contribution < -0.4 is 5.84 Å². The van der Waals surface area contributed by atoms with E-state index in [1.807, 2.05) is 135 Å². The lowest BCUT2D eigenvalue weighted by Crippen LogP contribution is -2.64. The van der Waals surface area contributed by atoms with Gasteiger partial charge < -0.3 is 0 Å². The highest BCUT2D eigenvalue weighted by molar-refractivity contribution is 9.11. The molecule has 17 heteroatoms. The second-order valence-corrected chi connectivity index (χ2v) is 22.9. The molecule has 0 spiro atoms. The summed E-state index contributed by atoms with van der Waals surface area (Å²) in [5.74, 6) is 3.84. The highest BCUT2D eigenvalue weighted by Crippen LogP contribution is 2.40. The minimum Gasteiger partial charge on any atom is -0.292 e. The van der Waals surface area contributed by atoms with Crippen molar-refractivity contribution in [3.05, 3.63) is 217 Å². The number of carbonyl (C=O) groups is 2. The largest absolute Gasteiger partial charge is 0.292 e. The first-order chi connectivity index (χ1) is 39.2. The Morgan fingerprint density at radius 2 is 1.15 bits per heavy atom. The third kappa shape index (κ3) is 14.1. The average molecular weight is 1290 g/mol. The van der Waals surface area contributed by atoms with Crippen molar-refractivity contribution in [2.45, 2.75) is 86.1 Å². The smallest absolute Gasteiger partial charge is 0.242 e. The number of aryl methyl sites for hydroxylation is 4. The van der Waals surface area contributed by atoms with Crippen LogP contribution in [0.3, 0.4) is 0 Å². The minimum atomic E-state index is 0. The molecule has 10 aromatic rings. The number of rotatable bonds is 9. The molecule has 2 saturated heterocycles. The molecule has 0 radical (unpaired) electrons. The molecular weight excluding hydrogens is 1220 g/mol. The zero-order chi connectivity index (χ0) is 56.6. The first-order valence-corrected chi connectivity index (χ1v) is 29.3. The van der Waals surface area contributed by atoms with Crippen LogP contribution in [0.15, 0.2) is 177 Å². The predicted molar refractivity (Wildman–Crippen MR) is 338 cm³/mol. The van der Waals surface area contributed by atoms with Crippen molar-refractivity contribution in [3.63, 3.8) is 0 Å². The Labute approximate surface area is 503 Å². The van der Waals surface area contributed by atoms with E-state index in [4.69, 9.17) is 15.2 Å². The Bertz CT molecular complexity index is 4030. The quantitative estimate of drug-likeness (QED) is 0.108. The fraction of sp³-hybridized carbons (Fsp3) is 0.231. The Hall–Kier alpha value is -7.70. The van der Waals surface area contributed by atoms with Crippen LogP contribution in [-0.4, -0.2) is 80.2 Å². The standard InChI is InChI=1S/C21H19BrN4O.C21H17BrN4.C17H13BrN2O.C5H10N2.CH4/c1-14-4-2-5-19(24-14)20(25-26-11-3-6-21(26)27)12-15-9-10-23-18-8-7-16(22)13-17(15)18;1-13-4-2-5-18(24-13)21-20(19-6-3-11-26(19)25-21)15-9-10-23-17-8-7-14(22)12-16(15)17;1-11-3-2-4-16(20-11)17(21)9-12-7-8-19-15-6-5-13(18)10-14(12)15;1-5-3-2-4-7(5)6;/h2,4-5,7-10,13H,3,6,11-12H2,1H3;2,4-5,7-10,12H,3,6,11H2,1H3;2-8,10H,9H2,1H3;1-4,6H2;1H4/p+1. The molecule has 1 amide bonds. The fourth-order valence-electron chi connectivity index (χ4n) is 10.2. The van der Waals surface area contributed by atoms with Gasteiger partial charge >= 0.3 is 0 Å². The summed E-state index contributed by atoms with van der Waals surface area (Å²) in [4.78, 5) is 51.5. The molecule has 10 heterocycles. The van der Waals surface area contributed by atoms with Crippen LogP contribution in [0.1, 0.15) is 89.6 Å². The number of pyridine rings is 6. The molecule has 7 aromatic heterocycles. The normalized spacial score (nSPS) is 13.7. The van der Waals surface area contributed by atoms with E-state index < -0.39 is 0 Å². The number of hydrogen-bond acceptors (Lipinski definition) is 11. The van der Waals surface area contributed by atoms with Gasteiger partial charge in [0.25, 0.3) is 0 Å². The number of carbonyl (C=O) groups excluding carboxylic acids is 2. The van der Waals surface area contributed by atoms with Crippen LogP contribution in [0.5, 0.6) is 0 Å². The summed E-state index contributed by atoms with van der Waals surface area (Å²) in [6.45, 7) is 12.4. The van der Waals surface area contributed by atoms with Crippen molar-refractivity contribution >= 4 is 97.9 Å². The van der Waals surface area contributed by atoms with E-state index in [1.165, 1.54) is 28.9 Å². The number of halogens is 3. The molecular formula is C65H64Br3N12O2+. The molecule has 13 rings (SSSR count). The number of aromatic nitrogens is 8. The monoisotopic (exact) mass is 1280 g/mol. The number of Topliss-reactive ketones (excluding diaryl/α,β-unsaturated/α-hetero) is 1. The zero-order valence-corrected chi connectivity index (χ0v) is 50.2. The lowest BCUT2D eigenvalue weighted by Gasteiger charge is -2.14. The first kappa shape index (κ1) is 58.9. The van der Waals surface area contributed by atoms with E-state index in [1.54, 1.807) is 17.3 Å². The van der Waals surface area contributed by atoms with Crippen molar-refractivity contribution < 1.29 is 15.4 Å². The summed E-state index contributed by atoms with van der Waals surface area (Å²) in [6, 6.07) is 41.7. The lowest BCUT2D eigenvalue weighted by molar-refractivity contribution is -0.556. The average Bonchev–Trinajstić information content (AvgIpc) is 4.46. The Morgan fingerprint density at radius 1 is 0.610 bits per heavy atom. The van der Waals surface area contributed by atoms with Crippen molar-refractivity contribution in [2.75, 3.05) is 13.1 Å². The number of fused-ring (bicyclic) bond motifs is 4. The van der Waals surface area contributed by atoms with Crippen LogP contribution in [0, 0.1) is 20.8 Å². The predicted octanol–water partition coefficient (Wildman–Crippen LogP) is 14.0. The second kappa shape index (κ2) is 26.9. The molecule has 3 aliphatic heterocycles. The van der Waals surface area contributed by atoms with Crippen molar-refractivity contribution in [3.8, 4) is 22.5 Å². The Kier molecular flexibility index (Phi) is 19.4. The summed E-state index contributed by atoms with van der Waals surface area (Å²) >= 11 is 10.6. The van der Waals surface area contributed by atoms with Gasteiger partial charge in [-0.15, -0.1) is 0 Å². The van der Waals surface area contributed by atoms with Gasteiger partial charge in [-0.25, -0.2) is 10.0 Å². The third-order valence-electron chi connectivity index (χ3n) is 14.2. The first-order valence-electron chi connectivity index (χ1n) is 26.9. The molecule has 0 unspecified atom stereocenters.